The molecule has 0 spiro atoms. The molecule has 0 saturated heterocycles. The molecule has 6 nitrogen and oxygen atoms in total. The van der Waals surface area contributed by atoms with E-state index in [9.17, 15) is 22.7 Å². The van der Waals surface area contributed by atoms with Gasteiger partial charge in [0.15, 0.2) is 0 Å². The molecule has 2 N–H and O–H groups in total. The van der Waals surface area contributed by atoms with E-state index in [2.05, 4.69) is 4.72 Å². The zero-order valence-electron chi connectivity index (χ0n) is 15.1. The molecule has 0 aliphatic carbocycles. The molecular formula is C19H21FN2O4S. The number of halogens is 1. The maximum atomic E-state index is 13.0. The van der Waals surface area contributed by atoms with Crippen molar-refractivity contribution in [3.8, 4) is 0 Å². The molecule has 0 aromatic heterocycles. The van der Waals surface area contributed by atoms with Gasteiger partial charge in [-0.2, -0.15) is 0 Å². The van der Waals surface area contributed by atoms with Crippen LogP contribution in [0.3, 0.4) is 0 Å². The lowest BCUT2D eigenvalue weighted by molar-refractivity contribution is -0.118. The number of aryl methyl sites for hydroxylation is 1. The van der Waals surface area contributed by atoms with Gasteiger partial charge in [0.25, 0.3) is 0 Å². The zero-order valence-corrected chi connectivity index (χ0v) is 15.9. The third-order valence-electron chi connectivity index (χ3n) is 4.78. The molecule has 1 atom stereocenters. The zero-order chi connectivity index (χ0) is 19.8. The summed E-state index contributed by atoms with van der Waals surface area (Å²) in [5.41, 5.74) is 0.382. The average Bonchev–Trinajstić information content (AvgIpc) is 2.63. The molecule has 144 valence electrons. The number of aliphatic hydroxyl groups is 1. The largest absolute Gasteiger partial charge is 0.384 e. The molecule has 1 aliphatic heterocycles. The van der Waals surface area contributed by atoms with E-state index in [-0.39, 0.29) is 17.3 Å². The van der Waals surface area contributed by atoms with Crippen LogP contribution >= 0.6 is 0 Å². The highest BCUT2D eigenvalue weighted by molar-refractivity contribution is 7.89. The summed E-state index contributed by atoms with van der Waals surface area (Å²) < 4.78 is 40.7. The van der Waals surface area contributed by atoms with Gasteiger partial charge < -0.3 is 10.0 Å². The Balaban J connectivity index is 1.79. The highest BCUT2D eigenvalue weighted by Gasteiger charge is 2.28. The predicted octanol–water partition coefficient (Wildman–Crippen LogP) is 1.92. The third kappa shape index (κ3) is 4.02. The summed E-state index contributed by atoms with van der Waals surface area (Å²) in [7, 11) is -2.20. The highest BCUT2D eigenvalue weighted by Crippen LogP contribution is 2.29. The van der Waals surface area contributed by atoms with Crippen molar-refractivity contribution >= 4 is 21.6 Å². The Kier molecular flexibility index (Phi) is 5.07. The average molecular weight is 392 g/mol. The predicted molar refractivity (Wildman–Crippen MR) is 99.3 cm³/mol. The second kappa shape index (κ2) is 7.03. The fourth-order valence-electron chi connectivity index (χ4n) is 3.03. The van der Waals surface area contributed by atoms with E-state index in [0.29, 0.717) is 24.1 Å². The number of nitrogens with one attached hydrogen (secondary N) is 1. The van der Waals surface area contributed by atoms with Crippen molar-refractivity contribution in [3.63, 3.8) is 0 Å². The number of hydrogen-bond donors (Lipinski definition) is 2. The number of rotatable bonds is 5. The Labute approximate surface area is 157 Å². The lowest BCUT2D eigenvalue weighted by Gasteiger charge is -2.26. The third-order valence-corrected chi connectivity index (χ3v) is 6.18. The number of carbonyl (C=O) groups excluding carboxylic acids is 1. The molecule has 27 heavy (non-hydrogen) atoms. The first-order valence-electron chi connectivity index (χ1n) is 8.48. The minimum absolute atomic E-state index is 0.00780. The van der Waals surface area contributed by atoms with Crippen LogP contribution in [0, 0.1) is 5.82 Å². The number of hydrogen-bond acceptors (Lipinski definition) is 4. The maximum absolute atomic E-state index is 13.0. The van der Waals surface area contributed by atoms with Gasteiger partial charge in [0.05, 0.1) is 4.90 Å². The Bertz CT molecular complexity index is 972. The maximum Gasteiger partial charge on any atom is 0.240 e. The minimum atomic E-state index is -3.86. The topological polar surface area (TPSA) is 86.7 Å². The molecule has 2 aromatic rings. The van der Waals surface area contributed by atoms with Crippen molar-refractivity contribution in [2.75, 3.05) is 18.5 Å². The second-order valence-corrected chi connectivity index (χ2v) is 8.62. The molecule has 2 aromatic carbocycles. The van der Waals surface area contributed by atoms with Crippen molar-refractivity contribution < 1.29 is 22.7 Å². The van der Waals surface area contributed by atoms with E-state index in [1.807, 2.05) is 0 Å². The van der Waals surface area contributed by atoms with E-state index in [4.69, 9.17) is 0 Å². The van der Waals surface area contributed by atoms with E-state index in [1.165, 1.54) is 42.2 Å². The van der Waals surface area contributed by atoms with Crippen LogP contribution in [-0.2, 0) is 26.8 Å². The number of sulfonamides is 1. The molecule has 0 radical (unpaired) electrons. The van der Waals surface area contributed by atoms with Crippen molar-refractivity contribution in [1.82, 2.24) is 4.72 Å². The number of anilines is 1. The van der Waals surface area contributed by atoms with Gasteiger partial charge >= 0.3 is 0 Å². The molecule has 0 saturated carbocycles. The summed E-state index contributed by atoms with van der Waals surface area (Å²) in [6.45, 7) is 1.19. The molecule has 3 rings (SSSR count). The van der Waals surface area contributed by atoms with Crippen LogP contribution < -0.4 is 9.62 Å². The van der Waals surface area contributed by atoms with E-state index >= 15 is 0 Å². The Morgan fingerprint density at radius 3 is 2.52 bits per heavy atom. The van der Waals surface area contributed by atoms with E-state index in [0.717, 1.165) is 5.56 Å². The van der Waals surface area contributed by atoms with Crippen molar-refractivity contribution in [2.45, 2.75) is 30.3 Å². The molecular weight excluding hydrogens is 371 g/mol. The first-order valence-corrected chi connectivity index (χ1v) is 9.96. The normalized spacial score (nSPS) is 16.7. The minimum Gasteiger partial charge on any atom is -0.384 e. The van der Waals surface area contributed by atoms with Crippen molar-refractivity contribution in [3.05, 3.63) is 59.4 Å². The fourth-order valence-corrected chi connectivity index (χ4v) is 4.21. The molecule has 1 aliphatic rings. The number of carbonyl (C=O) groups is 1. The van der Waals surface area contributed by atoms with Crippen molar-refractivity contribution in [2.24, 2.45) is 0 Å². The van der Waals surface area contributed by atoms with Gasteiger partial charge in [-0.05, 0) is 54.8 Å². The summed E-state index contributed by atoms with van der Waals surface area (Å²) >= 11 is 0. The summed E-state index contributed by atoms with van der Waals surface area (Å²) in [5.74, 6) is -0.445. The standard InChI is InChI=1S/C19H21FN2O4S/c1-19(24,14-4-6-15(20)7-5-14)12-21-27(25,26)16-8-9-17-13(11-16)3-10-18(23)22(17)2/h4-9,11,21,24H,3,10,12H2,1-2H3. The number of nitrogens with zero attached hydrogens (tertiary/aromatic N) is 1. The quantitative estimate of drug-likeness (QED) is 0.814. The SMILES string of the molecule is CN1C(=O)CCc2cc(S(=O)(=O)NCC(C)(O)c3ccc(F)cc3)ccc21. The molecule has 1 unspecified atom stereocenters. The Morgan fingerprint density at radius 2 is 1.85 bits per heavy atom. The first kappa shape index (κ1) is 19.5. The summed E-state index contributed by atoms with van der Waals surface area (Å²) in [6, 6.07) is 9.83. The summed E-state index contributed by atoms with van der Waals surface area (Å²) in [6.07, 6.45) is 0.814. The van der Waals surface area contributed by atoms with Crippen LogP contribution in [0.5, 0.6) is 0 Å². The van der Waals surface area contributed by atoms with Crippen LogP contribution in [-0.4, -0.2) is 33.0 Å². The Hall–Kier alpha value is -2.29. The van der Waals surface area contributed by atoms with Crippen LogP contribution in [0.2, 0.25) is 0 Å². The molecule has 0 bridgehead atoms. The van der Waals surface area contributed by atoms with Gasteiger partial charge in [-0.15, -0.1) is 0 Å². The van der Waals surface area contributed by atoms with Gasteiger partial charge in [-0.1, -0.05) is 12.1 Å². The van der Waals surface area contributed by atoms with Crippen LogP contribution in [0.1, 0.15) is 24.5 Å². The fraction of sp³-hybridized carbons (Fsp3) is 0.316. The highest BCUT2D eigenvalue weighted by atomic mass is 32.2. The smallest absolute Gasteiger partial charge is 0.240 e. The molecule has 1 heterocycles. The molecule has 1 amide bonds. The summed E-state index contributed by atoms with van der Waals surface area (Å²) in [5, 5.41) is 10.5. The molecule has 8 heteroatoms. The van der Waals surface area contributed by atoms with Crippen LogP contribution in [0.25, 0.3) is 0 Å². The second-order valence-electron chi connectivity index (χ2n) is 6.85. The van der Waals surface area contributed by atoms with Gasteiger partial charge in [0, 0.05) is 25.7 Å². The van der Waals surface area contributed by atoms with E-state index < -0.39 is 21.4 Å². The lowest BCUT2D eigenvalue weighted by Crippen LogP contribution is -2.38. The number of amides is 1. The number of fused-ring (bicyclic) bond motifs is 1. The monoisotopic (exact) mass is 392 g/mol. The van der Waals surface area contributed by atoms with Crippen LogP contribution in [0.15, 0.2) is 47.4 Å². The van der Waals surface area contributed by atoms with Crippen LogP contribution in [0.4, 0.5) is 10.1 Å². The van der Waals surface area contributed by atoms with Crippen molar-refractivity contribution in [1.29, 1.82) is 0 Å². The molecule has 0 fully saturated rings. The van der Waals surface area contributed by atoms with E-state index in [1.54, 1.807) is 19.2 Å². The first-order chi connectivity index (χ1) is 12.6. The van der Waals surface area contributed by atoms with Gasteiger partial charge in [-0.25, -0.2) is 17.5 Å². The Morgan fingerprint density at radius 1 is 1.19 bits per heavy atom. The van der Waals surface area contributed by atoms with Gasteiger partial charge in [0.1, 0.15) is 11.4 Å². The lowest BCUT2D eigenvalue weighted by atomic mass is 9.96. The number of benzene rings is 2. The van der Waals surface area contributed by atoms with Gasteiger partial charge in [0.2, 0.25) is 15.9 Å². The van der Waals surface area contributed by atoms with Gasteiger partial charge in [-0.3, -0.25) is 4.79 Å². The summed E-state index contributed by atoms with van der Waals surface area (Å²) in [4.78, 5) is 13.3.